The van der Waals surface area contributed by atoms with E-state index in [9.17, 15) is 18.0 Å². The molecule has 1 aliphatic heterocycles. The lowest BCUT2D eigenvalue weighted by molar-refractivity contribution is 0.0595. The van der Waals surface area contributed by atoms with Gasteiger partial charge in [-0.25, -0.2) is 28.1 Å². The standard InChI is InChI=1S/C38H49N7O5S/c1-8-28(20-38(5,6)7)45(24-33-39-21-29(22-40-33)44-17-16-30(23-44)50-9-2)36(47)27-14-11-15-31(18-27)51(48,49)43-37-41-32(19-34(46)42-37)35-25(3)12-10-13-26(35)4/h10-15,18-19,21-22,28,30H,8-9,16-17,20,23-24H2,1-7H3,(H2,41,42,43,46)/t28-,30-/m0/s1. The molecule has 272 valence electrons. The monoisotopic (exact) mass is 715 g/mol. The highest BCUT2D eigenvalue weighted by atomic mass is 32.2. The van der Waals surface area contributed by atoms with Gasteiger partial charge in [0.2, 0.25) is 5.95 Å². The summed E-state index contributed by atoms with van der Waals surface area (Å²) in [5.74, 6) is -0.0691. The maximum atomic E-state index is 14.3. The quantitative estimate of drug-likeness (QED) is 0.167. The third-order valence-corrected chi connectivity index (χ3v) is 10.4. The van der Waals surface area contributed by atoms with Crippen molar-refractivity contribution in [2.45, 2.75) is 91.3 Å². The molecule has 2 aromatic heterocycles. The topological polar surface area (TPSA) is 150 Å². The molecule has 0 unspecified atom stereocenters. The van der Waals surface area contributed by atoms with Gasteiger partial charge in [-0.15, -0.1) is 0 Å². The number of sulfonamides is 1. The first-order chi connectivity index (χ1) is 24.2. The second-order valence-electron chi connectivity index (χ2n) is 14.3. The van der Waals surface area contributed by atoms with Crippen molar-refractivity contribution in [3.63, 3.8) is 0 Å². The number of ether oxygens (including phenoxy) is 1. The third kappa shape index (κ3) is 9.39. The molecule has 2 atom stereocenters. The van der Waals surface area contributed by atoms with E-state index in [1.165, 1.54) is 24.3 Å². The van der Waals surface area contributed by atoms with Crippen molar-refractivity contribution in [1.82, 2.24) is 24.8 Å². The summed E-state index contributed by atoms with van der Waals surface area (Å²) in [6, 6.07) is 12.8. The van der Waals surface area contributed by atoms with Crippen molar-refractivity contribution < 1.29 is 17.9 Å². The molecule has 51 heavy (non-hydrogen) atoms. The Bertz CT molecular complexity index is 1990. The molecule has 5 rings (SSSR count). The Labute approximate surface area is 300 Å². The molecule has 12 nitrogen and oxygen atoms in total. The molecule has 0 spiro atoms. The van der Waals surface area contributed by atoms with Gasteiger partial charge in [0.1, 0.15) is 5.82 Å². The van der Waals surface area contributed by atoms with Gasteiger partial charge < -0.3 is 14.5 Å². The molecule has 2 aromatic carbocycles. The minimum absolute atomic E-state index is 0.0822. The first-order valence-corrected chi connectivity index (χ1v) is 18.9. The number of hydrogen-bond acceptors (Lipinski definition) is 9. The molecule has 0 saturated carbocycles. The third-order valence-electron chi connectivity index (χ3n) is 9.04. The van der Waals surface area contributed by atoms with Gasteiger partial charge >= 0.3 is 0 Å². The Morgan fingerprint density at radius 1 is 1.08 bits per heavy atom. The number of benzene rings is 2. The molecule has 2 N–H and O–H groups in total. The van der Waals surface area contributed by atoms with E-state index in [2.05, 4.69) is 50.3 Å². The number of aromatic amines is 1. The van der Waals surface area contributed by atoms with E-state index >= 15 is 0 Å². The molecule has 1 saturated heterocycles. The maximum Gasteiger partial charge on any atom is 0.264 e. The Hall–Kier alpha value is -4.62. The molecular formula is C38H49N7O5S. The minimum Gasteiger partial charge on any atom is -0.377 e. The summed E-state index contributed by atoms with van der Waals surface area (Å²) in [6.07, 6.45) is 6.11. The second kappa shape index (κ2) is 15.7. The molecule has 1 amide bonds. The highest BCUT2D eigenvalue weighted by Crippen LogP contribution is 2.29. The summed E-state index contributed by atoms with van der Waals surface area (Å²) in [4.78, 5) is 47.0. The summed E-state index contributed by atoms with van der Waals surface area (Å²) in [5, 5.41) is 0. The first-order valence-electron chi connectivity index (χ1n) is 17.5. The summed E-state index contributed by atoms with van der Waals surface area (Å²) >= 11 is 0. The van der Waals surface area contributed by atoms with Gasteiger partial charge in [0, 0.05) is 42.9 Å². The van der Waals surface area contributed by atoms with Crippen LogP contribution in [0.5, 0.6) is 0 Å². The number of carbonyl (C=O) groups is 1. The van der Waals surface area contributed by atoms with Crippen molar-refractivity contribution in [2.75, 3.05) is 29.3 Å². The minimum atomic E-state index is -4.26. The van der Waals surface area contributed by atoms with Gasteiger partial charge in [-0.3, -0.25) is 14.6 Å². The molecule has 1 fully saturated rings. The van der Waals surface area contributed by atoms with Crippen LogP contribution in [-0.4, -0.2) is 71.0 Å². The van der Waals surface area contributed by atoms with E-state index in [4.69, 9.17) is 4.74 Å². The van der Waals surface area contributed by atoms with Crippen LogP contribution in [0.4, 0.5) is 11.6 Å². The van der Waals surface area contributed by atoms with Crippen LogP contribution in [0.15, 0.2) is 70.6 Å². The van der Waals surface area contributed by atoms with E-state index in [-0.39, 0.29) is 46.4 Å². The zero-order valence-corrected chi connectivity index (χ0v) is 31.4. The highest BCUT2D eigenvalue weighted by Gasteiger charge is 2.30. The van der Waals surface area contributed by atoms with Crippen LogP contribution in [0.3, 0.4) is 0 Å². The van der Waals surface area contributed by atoms with Crippen LogP contribution in [0.1, 0.15) is 81.2 Å². The summed E-state index contributed by atoms with van der Waals surface area (Å²) in [7, 11) is -4.26. The van der Waals surface area contributed by atoms with Crippen LogP contribution in [-0.2, 0) is 21.3 Å². The van der Waals surface area contributed by atoms with Crippen LogP contribution in [0, 0.1) is 19.3 Å². The van der Waals surface area contributed by atoms with E-state index in [1.807, 2.05) is 45.9 Å². The number of nitrogens with one attached hydrogen (secondary N) is 2. The molecule has 3 heterocycles. The van der Waals surface area contributed by atoms with Gasteiger partial charge in [0.15, 0.2) is 0 Å². The van der Waals surface area contributed by atoms with Gasteiger partial charge in [-0.05, 0) is 74.8 Å². The Balaban J connectivity index is 1.41. The van der Waals surface area contributed by atoms with Gasteiger partial charge in [0.05, 0.1) is 41.3 Å². The average Bonchev–Trinajstić information content (AvgIpc) is 3.54. The zero-order valence-electron chi connectivity index (χ0n) is 30.6. The maximum absolute atomic E-state index is 14.3. The van der Waals surface area contributed by atoms with Gasteiger partial charge in [-0.1, -0.05) is 52.0 Å². The van der Waals surface area contributed by atoms with Crippen molar-refractivity contribution >= 4 is 27.6 Å². The Morgan fingerprint density at radius 3 is 2.41 bits per heavy atom. The lowest BCUT2D eigenvalue weighted by atomic mass is 9.86. The van der Waals surface area contributed by atoms with Gasteiger partial charge in [0.25, 0.3) is 21.5 Å². The molecular weight excluding hydrogens is 667 g/mol. The molecule has 4 aromatic rings. The van der Waals surface area contributed by atoms with Crippen LogP contribution >= 0.6 is 0 Å². The normalized spacial score (nSPS) is 15.5. The van der Waals surface area contributed by atoms with Crippen molar-refractivity contribution in [1.29, 1.82) is 0 Å². The molecule has 0 bridgehead atoms. The zero-order chi connectivity index (χ0) is 36.9. The highest BCUT2D eigenvalue weighted by molar-refractivity contribution is 7.92. The fourth-order valence-electron chi connectivity index (χ4n) is 6.63. The van der Waals surface area contributed by atoms with E-state index in [0.717, 1.165) is 48.3 Å². The van der Waals surface area contributed by atoms with E-state index < -0.39 is 15.6 Å². The number of amides is 1. The van der Waals surface area contributed by atoms with Crippen LogP contribution < -0.4 is 15.2 Å². The Morgan fingerprint density at radius 2 is 1.76 bits per heavy atom. The predicted octanol–water partition coefficient (Wildman–Crippen LogP) is 6.12. The first kappa shape index (κ1) is 37.6. The van der Waals surface area contributed by atoms with Crippen molar-refractivity contribution in [2.24, 2.45) is 5.41 Å². The smallest absolute Gasteiger partial charge is 0.264 e. The summed E-state index contributed by atoms with van der Waals surface area (Å²) in [6.45, 7) is 16.7. The largest absolute Gasteiger partial charge is 0.377 e. The van der Waals surface area contributed by atoms with E-state index in [1.54, 1.807) is 23.4 Å². The van der Waals surface area contributed by atoms with Crippen molar-refractivity contribution in [3.05, 3.63) is 93.8 Å². The van der Waals surface area contributed by atoms with Gasteiger partial charge in [-0.2, -0.15) is 0 Å². The number of aromatic nitrogens is 4. The fourth-order valence-corrected chi connectivity index (χ4v) is 7.64. The lowest BCUT2D eigenvalue weighted by Gasteiger charge is -2.35. The lowest BCUT2D eigenvalue weighted by Crippen LogP contribution is -2.42. The number of rotatable bonds is 13. The number of H-pyrrole nitrogens is 1. The predicted molar refractivity (Wildman–Crippen MR) is 199 cm³/mol. The fraction of sp³-hybridized carbons (Fsp3) is 0.447. The summed E-state index contributed by atoms with van der Waals surface area (Å²) < 4.78 is 35.5. The number of carbonyl (C=O) groups excluding carboxylic acids is 1. The number of anilines is 2. The second-order valence-corrected chi connectivity index (χ2v) is 16.0. The Kier molecular flexibility index (Phi) is 11.6. The number of aryl methyl sites for hydroxylation is 2. The van der Waals surface area contributed by atoms with Crippen LogP contribution in [0.2, 0.25) is 0 Å². The SMILES string of the molecule is CCO[C@H]1CCN(c2cnc(CN(C(=O)c3cccc(S(=O)(=O)Nc4nc(-c5c(C)cccc5C)cc(=O)[nH]4)c3)[C@@H](CC)CC(C)(C)C)nc2)C1. The molecule has 0 aliphatic carbocycles. The molecule has 1 aliphatic rings. The van der Waals surface area contributed by atoms with Crippen molar-refractivity contribution in [3.8, 4) is 11.3 Å². The summed E-state index contributed by atoms with van der Waals surface area (Å²) in [5.41, 5.74) is 3.42. The molecule has 13 heteroatoms. The molecule has 0 radical (unpaired) electrons. The number of hydrogen-bond donors (Lipinski definition) is 2. The average molecular weight is 716 g/mol. The number of nitrogens with zero attached hydrogens (tertiary/aromatic N) is 5. The van der Waals surface area contributed by atoms with E-state index in [0.29, 0.717) is 24.5 Å². The van der Waals surface area contributed by atoms with Crippen LogP contribution in [0.25, 0.3) is 11.3 Å².